The van der Waals surface area contributed by atoms with Crippen LogP contribution in [0, 0.1) is 22.6 Å². The monoisotopic (exact) mass is 393 g/mol. The molecule has 5 nitrogen and oxygen atoms in total. The predicted octanol–water partition coefficient (Wildman–Crippen LogP) is 4.39. The summed E-state index contributed by atoms with van der Waals surface area (Å²) in [5.74, 6) is -3.96. The fourth-order valence-electron chi connectivity index (χ4n) is 3.82. The molecule has 1 aromatic rings. The lowest BCUT2D eigenvalue weighted by Crippen LogP contribution is -2.43. The van der Waals surface area contributed by atoms with E-state index in [0.29, 0.717) is 12.2 Å². The summed E-state index contributed by atoms with van der Waals surface area (Å²) in [5.41, 5.74) is -0.113. The van der Waals surface area contributed by atoms with E-state index in [1.54, 1.807) is 6.92 Å². The zero-order chi connectivity index (χ0) is 19.9. The largest absolute Gasteiger partial charge is 0.465 e. The van der Waals surface area contributed by atoms with Gasteiger partial charge in [0.05, 0.1) is 6.61 Å². The molecule has 27 heavy (non-hydrogen) atoms. The molecule has 1 N–H and O–H groups in total. The first-order valence-electron chi connectivity index (χ1n) is 8.79. The molecule has 144 valence electrons. The fraction of sp³-hybridized carbons (Fsp3) is 0.450. The number of ether oxygens (including phenoxy) is 2. The molecule has 1 heterocycles. The lowest BCUT2D eigenvalue weighted by atomic mass is 9.68. The summed E-state index contributed by atoms with van der Waals surface area (Å²) in [6.07, 6.45) is 0.648. The molecule has 0 saturated carbocycles. The van der Waals surface area contributed by atoms with Crippen LogP contribution in [0.15, 0.2) is 29.5 Å². The highest BCUT2D eigenvalue weighted by atomic mass is 35.5. The third-order valence-electron chi connectivity index (χ3n) is 4.89. The highest BCUT2D eigenvalue weighted by molar-refractivity contribution is 6.31. The van der Waals surface area contributed by atoms with E-state index in [9.17, 15) is 14.0 Å². The molecule has 1 aliphatic heterocycles. The maximum Gasteiger partial charge on any atom is 0.319 e. The smallest absolute Gasteiger partial charge is 0.319 e. The van der Waals surface area contributed by atoms with Crippen molar-refractivity contribution in [3.63, 3.8) is 0 Å². The molecule has 0 amide bonds. The second-order valence-corrected chi connectivity index (χ2v) is 7.99. The molecule has 3 rings (SSSR count). The Bertz CT molecular complexity index is 841. The van der Waals surface area contributed by atoms with Gasteiger partial charge in [-0.1, -0.05) is 31.5 Å². The van der Waals surface area contributed by atoms with Crippen molar-refractivity contribution in [1.29, 1.82) is 5.41 Å². The number of carbonyl (C=O) groups is 2. The molecule has 0 fully saturated rings. The summed E-state index contributed by atoms with van der Waals surface area (Å²) in [6, 6.07) is 4.17. The number of carbonyl (C=O) groups excluding carboxylic acids is 2. The van der Waals surface area contributed by atoms with Crippen molar-refractivity contribution >= 4 is 29.3 Å². The summed E-state index contributed by atoms with van der Waals surface area (Å²) in [6.45, 7) is 5.57. The number of nitrogens with one attached hydrogen (secondary N) is 1. The molecule has 1 aromatic carbocycles. The zero-order valence-electron chi connectivity index (χ0n) is 15.4. The van der Waals surface area contributed by atoms with Gasteiger partial charge >= 0.3 is 5.97 Å². The van der Waals surface area contributed by atoms with Crippen LogP contribution in [0.4, 0.5) is 4.39 Å². The van der Waals surface area contributed by atoms with Crippen molar-refractivity contribution in [3.8, 4) is 0 Å². The second kappa shape index (κ2) is 7.08. The zero-order valence-corrected chi connectivity index (χ0v) is 16.2. The average molecular weight is 394 g/mol. The molecule has 0 aromatic heterocycles. The van der Waals surface area contributed by atoms with E-state index in [4.69, 9.17) is 26.5 Å². The average Bonchev–Trinajstić information content (AvgIpc) is 2.52. The molecule has 0 bridgehead atoms. The molecule has 2 unspecified atom stereocenters. The molecule has 2 atom stereocenters. The van der Waals surface area contributed by atoms with E-state index in [1.165, 1.54) is 18.2 Å². The van der Waals surface area contributed by atoms with Gasteiger partial charge in [0.1, 0.15) is 17.5 Å². The van der Waals surface area contributed by atoms with E-state index in [2.05, 4.69) is 0 Å². The molecular weight excluding hydrogens is 373 g/mol. The maximum absolute atomic E-state index is 14.7. The SMILES string of the molecule is CCOC(=O)C1C(=N)OC2=C(C(=O)CC(C)(C)C2)C1c1c(F)cccc1Cl. The van der Waals surface area contributed by atoms with Gasteiger partial charge in [-0.3, -0.25) is 15.0 Å². The van der Waals surface area contributed by atoms with Gasteiger partial charge in [-0.05, 0) is 24.5 Å². The van der Waals surface area contributed by atoms with Crippen molar-refractivity contribution < 1.29 is 23.5 Å². The van der Waals surface area contributed by atoms with Crippen LogP contribution in [-0.2, 0) is 19.1 Å². The predicted molar refractivity (Wildman–Crippen MR) is 98.1 cm³/mol. The lowest BCUT2D eigenvalue weighted by molar-refractivity contribution is -0.146. The maximum atomic E-state index is 14.7. The first-order valence-corrected chi connectivity index (χ1v) is 9.17. The molecule has 1 aliphatic carbocycles. The van der Waals surface area contributed by atoms with E-state index in [1.807, 2.05) is 13.8 Å². The Morgan fingerprint density at radius 2 is 2.11 bits per heavy atom. The molecule has 0 radical (unpaired) electrons. The van der Waals surface area contributed by atoms with Crippen LogP contribution < -0.4 is 0 Å². The Hall–Kier alpha value is -2.21. The molecule has 0 saturated heterocycles. The minimum atomic E-state index is -1.26. The number of rotatable bonds is 3. The normalized spacial score (nSPS) is 24.3. The van der Waals surface area contributed by atoms with Gasteiger partial charge in [0.2, 0.25) is 5.90 Å². The quantitative estimate of drug-likeness (QED) is 0.772. The summed E-state index contributed by atoms with van der Waals surface area (Å²) >= 11 is 6.26. The number of hydrogen-bond acceptors (Lipinski definition) is 5. The van der Waals surface area contributed by atoms with Gasteiger partial charge in [0, 0.05) is 34.9 Å². The van der Waals surface area contributed by atoms with Gasteiger partial charge in [-0.15, -0.1) is 0 Å². The lowest BCUT2D eigenvalue weighted by Gasteiger charge is -2.40. The summed E-state index contributed by atoms with van der Waals surface area (Å²) in [4.78, 5) is 25.5. The van der Waals surface area contributed by atoms with Gasteiger partial charge in [0.15, 0.2) is 5.78 Å². The van der Waals surface area contributed by atoms with Crippen molar-refractivity contribution in [2.24, 2.45) is 11.3 Å². The van der Waals surface area contributed by atoms with Crippen LogP contribution in [0.1, 0.15) is 45.1 Å². The minimum absolute atomic E-state index is 0.0193. The molecule has 2 aliphatic rings. The van der Waals surface area contributed by atoms with Crippen LogP contribution in [0.2, 0.25) is 5.02 Å². The second-order valence-electron chi connectivity index (χ2n) is 7.59. The number of ketones is 1. The van der Waals surface area contributed by atoms with Crippen LogP contribution in [0.5, 0.6) is 0 Å². The Kier molecular flexibility index (Phi) is 5.12. The third kappa shape index (κ3) is 3.50. The van der Waals surface area contributed by atoms with E-state index in [-0.39, 0.29) is 46.3 Å². The summed E-state index contributed by atoms with van der Waals surface area (Å²) < 4.78 is 25.4. The standard InChI is InChI=1S/C20H21ClFNO4/c1-4-26-19(25)17-16(14-10(21)6-5-7-11(14)22)15-12(24)8-20(2,3)9-13(15)27-18(17)23/h5-7,16-17,23H,4,8-9H2,1-3H3. The van der Waals surface area contributed by atoms with Crippen LogP contribution in [-0.4, -0.2) is 24.3 Å². The van der Waals surface area contributed by atoms with E-state index in [0.717, 1.165) is 0 Å². The fourth-order valence-corrected chi connectivity index (χ4v) is 4.10. The Morgan fingerprint density at radius 1 is 1.41 bits per heavy atom. The van der Waals surface area contributed by atoms with Gasteiger partial charge in [-0.2, -0.15) is 0 Å². The van der Waals surface area contributed by atoms with Crippen molar-refractivity contribution in [1.82, 2.24) is 0 Å². The van der Waals surface area contributed by atoms with E-state index >= 15 is 0 Å². The molecule has 0 spiro atoms. The first kappa shape index (κ1) is 19.5. The highest BCUT2D eigenvalue weighted by Gasteiger charge is 2.50. The van der Waals surface area contributed by atoms with Crippen molar-refractivity contribution in [2.45, 2.75) is 39.5 Å². The number of hydrogen-bond donors (Lipinski definition) is 1. The Balaban J connectivity index is 2.24. The van der Waals surface area contributed by atoms with Gasteiger partial charge in [0.25, 0.3) is 0 Å². The summed E-state index contributed by atoms with van der Waals surface area (Å²) in [7, 11) is 0. The van der Waals surface area contributed by atoms with Gasteiger partial charge in [-0.25, -0.2) is 4.39 Å². The number of benzene rings is 1. The number of Topliss-reactive ketones (excluding diaryl/α,β-unsaturated/α-hetero) is 1. The minimum Gasteiger partial charge on any atom is -0.465 e. The number of halogens is 2. The van der Waals surface area contributed by atoms with Crippen LogP contribution >= 0.6 is 11.6 Å². The van der Waals surface area contributed by atoms with Crippen LogP contribution in [0.3, 0.4) is 0 Å². The van der Waals surface area contributed by atoms with Crippen LogP contribution in [0.25, 0.3) is 0 Å². The van der Waals surface area contributed by atoms with Gasteiger partial charge < -0.3 is 9.47 Å². The Labute approximate surface area is 162 Å². The third-order valence-corrected chi connectivity index (χ3v) is 5.22. The van der Waals surface area contributed by atoms with Crippen molar-refractivity contribution in [3.05, 3.63) is 45.9 Å². The van der Waals surface area contributed by atoms with E-state index < -0.39 is 23.6 Å². The number of allylic oxidation sites excluding steroid dienone is 2. The number of esters is 1. The highest BCUT2D eigenvalue weighted by Crippen LogP contribution is 2.49. The Morgan fingerprint density at radius 3 is 2.74 bits per heavy atom. The van der Waals surface area contributed by atoms with Crippen molar-refractivity contribution in [2.75, 3.05) is 6.61 Å². The summed E-state index contributed by atoms with van der Waals surface area (Å²) in [5, 5.41) is 8.35. The first-order chi connectivity index (χ1) is 12.7. The topological polar surface area (TPSA) is 76.5 Å². The molecular formula is C20H21ClFNO4. The molecule has 7 heteroatoms.